The molecule has 0 aliphatic carbocycles. The van der Waals surface area contributed by atoms with E-state index >= 15 is 0 Å². The molecule has 1 aromatic carbocycles. The maximum absolute atomic E-state index is 12.9. The van der Waals surface area contributed by atoms with Gasteiger partial charge in [-0.3, -0.25) is 4.79 Å². The van der Waals surface area contributed by atoms with Crippen LogP contribution in [0.2, 0.25) is 0 Å². The average molecular weight is 408 g/mol. The molecule has 0 radical (unpaired) electrons. The van der Waals surface area contributed by atoms with Crippen LogP contribution < -0.4 is 9.47 Å². The third kappa shape index (κ3) is 4.94. The standard InChI is InChI=1S/C19H24N2O6S/c1-25-18-9-14(10-20)4-5-17(18)27-12-19(22)21(11-16-3-2-7-26-16)15-6-8-28(23,24)13-15/h4-5,9,15-16H,2-3,6-8,11-13H2,1H3/t15-,16+/m0/s1. The van der Waals surface area contributed by atoms with E-state index in [-0.39, 0.29) is 36.2 Å². The molecule has 9 heteroatoms. The van der Waals surface area contributed by atoms with Gasteiger partial charge < -0.3 is 19.1 Å². The van der Waals surface area contributed by atoms with Crippen molar-refractivity contribution >= 4 is 15.7 Å². The Hall–Kier alpha value is -2.31. The van der Waals surface area contributed by atoms with Crippen LogP contribution in [0.3, 0.4) is 0 Å². The number of ether oxygens (including phenoxy) is 3. The quantitative estimate of drug-likeness (QED) is 0.666. The molecule has 0 saturated carbocycles. The van der Waals surface area contributed by atoms with E-state index in [1.807, 2.05) is 6.07 Å². The molecule has 2 atom stereocenters. The summed E-state index contributed by atoms with van der Waals surface area (Å²) in [7, 11) is -1.66. The highest BCUT2D eigenvalue weighted by Gasteiger charge is 2.36. The number of nitriles is 1. The van der Waals surface area contributed by atoms with Crippen LogP contribution in [0, 0.1) is 11.3 Å². The first-order valence-corrected chi connectivity index (χ1v) is 11.1. The van der Waals surface area contributed by atoms with Crippen molar-refractivity contribution in [2.75, 3.05) is 38.4 Å². The predicted octanol–water partition coefficient (Wildman–Crippen LogP) is 1.14. The molecule has 2 aliphatic heterocycles. The highest BCUT2D eigenvalue weighted by atomic mass is 32.2. The molecule has 3 rings (SSSR count). The third-order valence-electron chi connectivity index (χ3n) is 5.04. The molecule has 0 aromatic heterocycles. The second-order valence-electron chi connectivity index (χ2n) is 7.00. The lowest BCUT2D eigenvalue weighted by atomic mass is 10.1. The van der Waals surface area contributed by atoms with Gasteiger partial charge in [-0.15, -0.1) is 0 Å². The third-order valence-corrected chi connectivity index (χ3v) is 6.79. The number of hydrogen-bond acceptors (Lipinski definition) is 7. The molecule has 2 saturated heterocycles. The number of nitrogens with zero attached hydrogens (tertiary/aromatic N) is 2. The van der Waals surface area contributed by atoms with Crippen LogP contribution in [0.15, 0.2) is 18.2 Å². The summed E-state index contributed by atoms with van der Waals surface area (Å²) in [5, 5.41) is 8.97. The molecular formula is C19H24N2O6S. The first kappa shape index (κ1) is 20.4. The monoisotopic (exact) mass is 408 g/mol. The largest absolute Gasteiger partial charge is 0.493 e. The topological polar surface area (TPSA) is 106 Å². The number of rotatable bonds is 7. The van der Waals surface area contributed by atoms with Crippen molar-refractivity contribution in [1.29, 1.82) is 5.26 Å². The van der Waals surface area contributed by atoms with Gasteiger partial charge in [0.05, 0.1) is 36.4 Å². The molecular weight excluding hydrogens is 384 g/mol. The summed E-state index contributed by atoms with van der Waals surface area (Å²) < 4.78 is 40.3. The Balaban J connectivity index is 1.69. The van der Waals surface area contributed by atoms with Crippen LogP contribution >= 0.6 is 0 Å². The van der Waals surface area contributed by atoms with Gasteiger partial charge in [-0.2, -0.15) is 5.26 Å². The fourth-order valence-electron chi connectivity index (χ4n) is 3.56. The number of hydrogen-bond donors (Lipinski definition) is 0. The Kier molecular flexibility index (Phi) is 6.42. The van der Waals surface area contributed by atoms with E-state index in [2.05, 4.69) is 0 Å². The number of carbonyl (C=O) groups excluding carboxylic acids is 1. The highest BCUT2D eigenvalue weighted by Crippen LogP contribution is 2.28. The molecule has 2 fully saturated rings. The van der Waals surface area contributed by atoms with E-state index in [1.54, 1.807) is 17.0 Å². The first-order chi connectivity index (χ1) is 13.4. The fourth-order valence-corrected chi connectivity index (χ4v) is 5.29. The SMILES string of the molecule is COc1cc(C#N)ccc1OCC(=O)N(C[C@H]1CCCO1)[C@H]1CCS(=O)(=O)C1. The minimum Gasteiger partial charge on any atom is -0.493 e. The van der Waals surface area contributed by atoms with Gasteiger partial charge >= 0.3 is 0 Å². The van der Waals surface area contributed by atoms with Crippen molar-refractivity contribution in [3.8, 4) is 17.6 Å². The van der Waals surface area contributed by atoms with E-state index in [4.69, 9.17) is 19.5 Å². The van der Waals surface area contributed by atoms with E-state index in [0.717, 1.165) is 12.8 Å². The summed E-state index contributed by atoms with van der Waals surface area (Å²) in [5.41, 5.74) is 0.423. The van der Waals surface area contributed by atoms with Crippen molar-refractivity contribution < 1.29 is 27.4 Å². The molecule has 0 spiro atoms. The number of amides is 1. The first-order valence-electron chi connectivity index (χ1n) is 9.24. The van der Waals surface area contributed by atoms with E-state index in [9.17, 15) is 13.2 Å². The Morgan fingerprint density at radius 2 is 2.18 bits per heavy atom. The second-order valence-corrected chi connectivity index (χ2v) is 9.23. The van der Waals surface area contributed by atoms with Crippen molar-refractivity contribution in [3.05, 3.63) is 23.8 Å². The summed E-state index contributed by atoms with van der Waals surface area (Å²) in [6.45, 7) is 0.785. The zero-order valence-electron chi connectivity index (χ0n) is 15.8. The van der Waals surface area contributed by atoms with Gasteiger partial charge in [0.25, 0.3) is 5.91 Å². The number of carbonyl (C=O) groups is 1. The van der Waals surface area contributed by atoms with Gasteiger partial charge in [-0.1, -0.05) is 0 Å². The van der Waals surface area contributed by atoms with Gasteiger partial charge in [0, 0.05) is 25.3 Å². The van der Waals surface area contributed by atoms with Gasteiger partial charge in [0.2, 0.25) is 0 Å². The van der Waals surface area contributed by atoms with Crippen LogP contribution in [0.1, 0.15) is 24.8 Å². The zero-order valence-corrected chi connectivity index (χ0v) is 16.6. The van der Waals surface area contributed by atoms with E-state index in [1.165, 1.54) is 13.2 Å². The number of methoxy groups -OCH3 is 1. The normalized spacial score (nSPS) is 23.1. The van der Waals surface area contributed by atoms with E-state index in [0.29, 0.717) is 36.6 Å². The van der Waals surface area contributed by atoms with Crippen LogP contribution in [0.5, 0.6) is 11.5 Å². The second kappa shape index (κ2) is 8.80. The maximum atomic E-state index is 12.9. The molecule has 28 heavy (non-hydrogen) atoms. The minimum absolute atomic E-state index is 0.0222. The summed E-state index contributed by atoms with van der Waals surface area (Å²) in [6.07, 6.45) is 2.15. The maximum Gasteiger partial charge on any atom is 0.260 e. The molecule has 2 heterocycles. The molecule has 2 aliphatic rings. The molecule has 1 amide bonds. The Morgan fingerprint density at radius 3 is 2.79 bits per heavy atom. The molecule has 0 N–H and O–H groups in total. The number of sulfone groups is 1. The van der Waals surface area contributed by atoms with Crippen molar-refractivity contribution in [3.63, 3.8) is 0 Å². The smallest absolute Gasteiger partial charge is 0.260 e. The summed E-state index contributed by atoms with van der Waals surface area (Å²) in [4.78, 5) is 14.5. The van der Waals surface area contributed by atoms with Crippen molar-refractivity contribution in [2.45, 2.75) is 31.4 Å². The van der Waals surface area contributed by atoms with Gasteiger partial charge in [0.15, 0.2) is 27.9 Å². The fraction of sp³-hybridized carbons (Fsp3) is 0.579. The van der Waals surface area contributed by atoms with E-state index < -0.39 is 9.84 Å². The zero-order chi connectivity index (χ0) is 20.1. The molecule has 152 valence electrons. The van der Waals surface area contributed by atoms with Crippen LogP contribution in [-0.4, -0.2) is 69.7 Å². The van der Waals surface area contributed by atoms with Crippen molar-refractivity contribution in [1.82, 2.24) is 4.90 Å². The Morgan fingerprint density at radius 1 is 1.36 bits per heavy atom. The Labute approximate surface area is 164 Å². The molecule has 1 aromatic rings. The van der Waals surface area contributed by atoms with Gasteiger partial charge in [-0.25, -0.2) is 8.42 Å². The van der Waals surface area contributed by atoms with Crippen LogP contribution in [0.25, 0.3) is 0 Å². The Bertz CT molecular complexity index is 858. The van der Waals surface area contributed by atoms with Gasteiger partial charge in [-0.05, 0) is 31.4 Å². The number of benzene rings is 1. The lowest BCUT2D eigenvalue weighted by Gasteiger charge is -2.30. The molecule has 0 bridgehead atoms. The average Bonchev–Trinajstić information content (AvgIpc) is 3.33. The summed E-state index contributed by atoms with van der Waals surface area (Å²) in [5.74, 6) is 0.499. The van der Waals surface area contributed by atoms with Crippen LogP contribution in [-0.2, 0) is 19.4 Å². The highest BCUT2D eigenvalue weighted by molar-refractivity contribution is 7.91. The summed E-state index contributed by atoms with van der Waals surface area (Å²) >= 11 is 0. The minimum atomic E-state index is -3.12. The molecule has 8 nitrogen and oxygen atoms in total. The van der Waals surface area contributed by atoms with Crippen LogP contribution in [0.4, 0.5) is 0 Å². The molecule has 0 unspecified atom stereocenters. The van der Waals surface area contributed by atoms with Gasteiger partial charge in [0.1, 0.15) is 0 Å². The van der Waals surface area contributed by atoms with Crippen molar-refractivity contribution in [2.24, 2.45) is 0 Å². The lowest BCUT2D eigenvalue weighted by Crippen LogP contribution is -2.47. The lowest BCUT2D eigenvalue weighted by molar-refractivity contribution is -0.137. The summed E-state index contributed by atoms with van der Waals surface area (Å²) in [6, 6.07) is 6.36. The predicted molar refractivity (Wildman–Crippen MR) is 101 cm³/mol.